The van der Waals surface area contributed by atoms with Crippen molar-refractivity contribution in [2.24, 2.45) is 0 Å². The third-order valence-corrected chi connectivity index (χ3v) is 3.72. The normalized spacial score (nSPS) is 10.9. The lowest BCUT2D eigenvalue weighted by Crippen LogP contribution is -2.68. The number of hydrogen-bond donors (Lipinski definition) is 1. The Morgan fingerprint density at radius 3 is 2.17 bits per heavy atom. The largest absolute Gasteiger partial charge is 0.433 e. The molecule has 11 nitrogen and oxygen atoms in total. The first-order valence-electron chi connectivity index (χ1n) is 7.68. The van der Waals surface area contributed by atoms with E-state index >= 15 is 0 Å². The summed E-state index contributed by atoms with van der Waals surface area (Å²) in [4.78, 5) is 10.2. The molecule has 1 N–H and O–H groups in total. The van der Waals surface area contributed by atoms with Crippen LogP contribution in [0.4, 0.5) is 5.88 Å². The highest BCUT2D eigenvalue weighted by atomic mass is 35.7. The quantitative estimate of drug-likeness (QED) is 0.220. The summed E-state index contributed by atoms with van der Waals surface area (Å²) in [5, 5.41) is 18.5. The first-order valence-corrected chi connectivity index (χ1v) is 9.29. The maximum atomic E-state index is 10.8. The summed E-state index contributed by atoms with van der Waals surface area (Å²) in [6.07, 6.45) is 1.73. The fourth-order valence-electron chi connectivity index (χ4n) is 2.47. The van der Waals surface area contributed by atoms with Gasteiger partial charge in [-0.15, -0.1) is 10.2 Å². The number of furan rings is 1. The Labute approximate surface area is 171 Å². The second kappa shape index (κ2) is 9.13. The van der Waals surface area contributed by atoms with Crippen molar-refractivity contribution in [2.45, 2.75) is 0 Å². The molecule has 1 aromatic carbocycles. The van der Waals surface area contributed by atoms with Gasteiger partial charge in [0, 0.05) is 16.8 Å². The molecule has 0 saturated heterocycles. The maximum Gasteiger partial charge on any atom is 0.433 e. The molecular weight excluding hydrogens is 431 g/mol. The average molecular weight is 445 g/mol. The number of nitrogens with zero attached hydrogens (tertiary/aromatic N) is 3. The van der Waals surface area contributed by atoms with Crippen LogP contribution in [-0.2, 0) is 0 Å². The molecule has 3 rings (SSSR count). The number of aromatic amines is 1. The average Bonchev–Trinajstić information content (AvgIpc) is 3.24. The zero-order valence-corrected chi connectivity index (χ0v) is 16.5. The Kier molecular flexibility index (Phi) is 7.08. The molecule has 0 unspecified atom stereocenters. The van der Waals surface area contributed by atoms with Gasteiger partial charge in [0.1, 0.15) is 24.7 Å². The van der Waals surface area contributed by atoms with Gasteiger partial charge in [0.25, 0.3) is 0 Å². The number of nitrogens with one attached hydrogen (secondary N) is 1. The van der Waals surface area contributed by atoms with E-state index in [0.29, 0.717) is 16.5 Å². The van der Waals surface area contributed by atoms with Crippen LogP contribution in [0, 0.1) is 20.4 Å². The van der Waals surface area contributed by atoms with Gasteiger partial charge in [-0.3, -0.25) is 15.2 Å². The molecule has 0 radical (unpaired) electrons. The Morgan fingerprint density at radius 1 is 1.10 bits per heavy atom. The highest BCUT2D eigenvalue weighted by Crippen LogP contribution is 2.28. The van der Waals surface area contributed by atoms with Crippen molar-refractivity contribution in [2.75, 3.05) is 14.1 Å². The number of H-pyrrole nitrogens is 1. The third kappa shape index (κ3) is 6.35. The van der Waals surface area contributed by atoms with Crippen molar-refractivity contribution < 1.29 is 42.8 Å². The molecule has 13 heteroatoms. The summed E-state index contributed by atoms with van der Waals surface area (Å²) < 4.78 is 41.2. The van der Waals surface area contributed by atoms with Crippen LogP contribution in [0.5, 0.6) is 0 Å². The van der Waals surface area contributed by atoms with Gasteiger partial charge in [-0.25, -0.2) is 23.2 Å². The molecule has 2 heterocycles. The molecule has 0 amide bonds. The van der Waals surface area contributed by atoms with E-state index in [1.54, 1.807) is 18.3 Å². The molecule has 0 saturated carbocycles. The molecule has 154 valence electrons. The van der Waals surface area contributed by atoms with E-state index in [1.165, 1.54) is 12.1 Å². The van der Waals surface area contributed by atoms with E-state index in [1.807, 2.05) is 30.8 Å². The Bertz CT molecular complexity index is 1010. The van der Waals surface area contributed by atoms with Gasteiger partial charge in [0.15, 0.2) is 5.76 Å². The summed E-state index contributed by atoms with van der Waals surface area (Å²) in [6.45, 7) is 0. The molecule has 2 aromatic heterocycles. The second-order valence-corrected chi connectivity index (χ2v) is 6.86. The van der Waals surface area contributed by atoms with Gasteiger partial charge < -0.3 is 4.42 Å². The highest BCUT2D eigenvalue weighted by molar-refractivity contribution is 6.30. The summed E-state index contributed by atoms with van der Waals surface area (Å²) >= 11 is 5.96. The van der Waals surface area contributed by atoms with Gasteiger partial charge in [-0.05, 0) is 30.3 Å². The first-order chi connectivity index (χ1) is 13.5. The highest BCUT2D eigenvalue weighted by Gasteiger charge is 2.25. The van der Waals surface area contributed by atoms with E-state index in [0.717, 1.165) is 16.8 Å². The molecule has 3 aromatic rings. The molecule has 0 bridgehead atoms. The minimum absolute atomic E-state index is 0.322. The number of hydrogen-bond acceptors (Lipinski definition) is 8. The summed E-state index contributed by atoms with van der Waals surface area (Å²) in [5.41, 5.74) is 3.09. The van der Waals surface area contributed by atoms with E-state index < -0.39 is 15.2 Å². The van der Waals surface area contributed by atoms with Gasteiger partial charge in [-0.2, -0.15) is 5.10 Å². The monoisotopic (exact) mass is 444 g/mol. The van der Waals surface area contributed by atoms with E-state index in [9.17, 15) is 10.1 Å². The summed E-state index contributed by atoms with van der Waals surface area (Å²) in [6, 6.07) is 10.3. The molecule has 0 fully saturated rings. The molecular formula is C16H14Cl2N4O7. The molecule has 0 aliphatic heterocycles. The van der Waals surface area contributed by atoms with Crippen LogP contribution in [0.3, 0.4) is 0 Å². The van der Waals surface area contributed by atoms with Gasteiger partial charge in [0.05, 0.1) is 11.6 Å². The van der Waals surface area contributed by atoms with E-state index in [2.05, 4.69) is 10.2 Å². The van der Waals surface area contributed by atoms with Gasteiger partial charge in [0.2, 0.25) is 5.71 Å². The molecule has 0 aliphatic carbocycles. The number of benzene rings is 1. The van der Waals surface area contributed by atoms with Crippen molar-refractivity contribution in [1.82, 2.24) is 10.2 Å². The standard InChI is InChI=1S/C16H13ClN4O3.ClHO4/c1-20(2)16(10-3-5-11(17)6-4-10)12-9-18-19-15(12)13-7-8-14(24-13)21(22)23;2-1(3,4)5/h3-9H,1-2H3;(H,2,3,4,5). The molecule has 0 aliphatic rings. The predicted molar refractivity (Wildman–Crippen MR) is 89.7 cm³/mol. The minimum Gasteiger partial charge on any atom is -0.399 e. The lowest BCUT2D eigenvalue weighted by molar-refractivity contribution is -2.00. The topological polar surface area (TPSA) is 180 Å². The fraction of sp³-hybridized carbons (Fsp3) is 0.125. The molecule has 0 atom stereocenters. The minimum atomic E-state index is -4.94. The zero-order chi connectivity index (χ0) is 21.8. The first kappa shape index (κ1) is 22.5. The van der Waals surface area contributed by atoms with Crippen molar-refractivity contribution in [3.05, 3.63) is 68.9 Å². The Morgan fingerprint density at radius 2 is 1.69 bits per heavy atom. The third-order valence-electron chi connectivity index (χ3n) is 3.47. The van der Waals surface area contributed by atoms with Crippen LogP contribution in [0.1, 0.15) is 11.1 Å². The SMILES string of the molecule is C[N+](C)=C(c1ccc(Cl)cc1)c1c[nH]nc1-c1ccc([N+](=O)[O-])o1.[O-][Cl+3]([O-])([O-])[O-]. The van der Waals surface area contributed by atoms with E-state index in [-0.39, 0.29) is 5.88 Å². The van der Waals surface area contributed by atoms with Crippen LogP contribution in [0.15, 0.2) is 47.0 Å². The maximum absolute atomic E-state index is 10.8. The van der Waals surface area contributed by atoms with Gasteiger partial charge >= 0.3 is 5.88 Å². The molecule has 0 spiro atoms. The second-order valence-electron chi connectivity index (χ2n) is 5.67. The van der Waals surface area contributed by atoms with Crippen molar-refractivity contribution in [3.8, 4) is 11.5 Å². The van der Waals surface area contributed by atoms with E-state index in [4.69, 9.17) is 34.7 Å². The van der Waals surface area contributed by atoms with Crippen molar-refractivity contribution >= 4 is 23.2 Å². The summed E-state index contributed by atoms with van der Waals surface area (Å²) in [7, 11) is -1.13. The smallest absolute Gasteiger partial charge is 0.399 e. The lowest BCUT2D eigenvalue weighted by atomic mass is 10.0. The van der Waals surface area contributed by atoms with Crippen LogP contribution in [-0.4, -0.2) is 39.5 Å². The lowest BCUT2D eigenvalue weighted by Gasteiger charge is -2.17. The van der Waals surface area contributed by atoms with Gasteiger partial charge in [-0.1, -0.05) is 11.6 Å². The number of nitro groups is 1. The Hall–Kier alpha value is -2.80. The fourth-order valence-corrected chi connectivity index (χ4v) is 2.60. The van der Waals surface area contributed by atoms with Crippen molar-refractivity contribution in [3.63, 3.8) is 0 Å². The van der Waals surface area contributed by atoms with Crippen molar-refractivity contribution in [1.29, 1.82) is 0 Å². The molecule has 29 heavy (non-hydrogen) atoms. The van der Waals surface area contributed by atoms with Crippen LogP contribution >= 0.6 is 11.6 Å². The predicted octanol–water partition coefficient (Wildman–Crippen LogP) is -1.42. The number of halogens is 2. The summed E-state index contributed by atoms with van der Waals surface area (Å²) in [5.74, 6) is 0.00288. The number of rotatable bonds is 4. The van der Waals surface area contributed by atoms with Crippen LogP contribution in [0.2, 0.25) is 5.02 Å². The Balaban J connectivity index is 0.000000537. The zero-order valence-electron chi connectivity index (χ0n) is 15.0. The number of aromatic nitrogens is 2. The van der Waals surface area contributed by atoms with Crippen LogP contribution < -0.4 is 18.6 Å². The van der Waals surface area contributed by atoms with Crippen LogP contribution in [0.25, 0.3) is 11.5 Å².